The van der Waals surface area contributed by atoms with Gasteiger partial charge in [-0.1, -0.05) is 34.1 Å². The molecule has 0 saturated carbocycles. The van der Waals surface area contributed by atoms with Crippen molar-refractivity contribution in [2.75, 3.05) is 20.2 Å². The van der Waals surface area contributed by atoms with Gasteiger partial charge in [0.2, 0.25) is 0 Å². The Hall–Kier alpha value is -2.60. The van der Waals surface area contributed by atoms with Crippen molar-refractivity contribution in [2.45, 2.75) is 0 Å². The molecule has 1 heterocycles. The molecule has 0 bridgehead atoms. The minimum Gasteiger partial charge on any atom is -0.492 e. The number of benzene rings is 2. The average Bonchev–Trinajstić information content (AvgIpc) is 3.13. The van der Waals surface area contributed by atoms with Crippen LogP contribution in [0.2, 0.25) is 0 Å². The SMILES string of the molecule is CN(CCOc1ccc(Br)cc1)C(=O)c1cncn1-c1ccccc1. The summed E-state index contributed by atoms with van der Waals surface area (Å²) >= 11 is 3.39. The molecule has 5 nitrogen and oxygen atoms in total. The Morgan fingerprint density at radius 2 is 1.88 bits per heavy atom. The number of nitrogens with zero attached hydrogens (tertiary/aromatic N) is 3. The molecule has 0 aliphatic rings. The maximum absolute atomic E-state index is 12.7. The summed E-state index contributed by atoms with van der Waals surface area (Å²) in [7, 11) is 1.76. The van der Waals surface area contributed by atoms with Crippen LogP contribution in [0.1, 0.15) is 10.5 Å². The van der Waals surface area contributed by atoms with Crippen LogP contribution >= 0.6 is 15.9 Å². The summed E-state index contributed by atoms with van der Waals surface area (Å²) in [5, 5.41) is 0. The zero-order valence-electron chi connectivity index (χ0n) is 13.8. The van der Waals surface area contributed by atoms with Gasteiger partial charge >= 0.3 is 0 Å². The first-order valence-electron chi connectivity index (χ1n) is 7.87. The van der Waals surface area contributed by atoms with Gasteiger partial charge in [-0.2, -0.15) is 0 Å². The van der Waals surface area contributed by atoms with Crippen molar-refractivity contribution in [3.05, 3.63) is 77.3 Å². The summed E-state index contributed by atoms with van der Waals surface area (Å²) in [6.45, 7) is 0.901. The quantitative estimate of drug-likeness (QED) is 0.633. The number of likely N-dealkylation sites (N-methyl/N-ethyl adjacent to an activating group) is 1. The third-order valence-corrected chi connectivity index (χ3v) is 4.28. The number of aromatic nitrogens is 2. The number of hydrogen-bond acceptors (Lipinski definition) is 3. The number of amides is 1. The fourth-order valence-corrected chi connectivity index (χ4v) is 2.64. The highest BCUT2D eigenvalue weighted by atomic mass is 79.9. The third-order valence-electron chi connectivity index (χ3n) is 3.75. The molecule has 6 heteroatoms. The molecule has 3 aromatic rings. The van der Waals surface area contributed by atoms with Crippen molar-refractivity contribution in [3.63, 3.8) is 0 Å². The largest absolute Gasteiger partial charge is 0.492 e. The number of carbonyl (C=O) groups excluding carboxylic acids is 1. The molecule has 1 amide bonds. The van der Waals surface area contributed by atoms with Gasteiger partial charge in [-0.15, -0.1) is 0 Å². The summed E-state index contributed by atoms with van der Waals surface area (Å²) in [6, 6.07) is 17.3. The van der Waals surface area contributed by atoms with Crippen LogP contribution in [-0.4, -0.2) is 40.6 Å². The van der Waals surface area contributed by atoms with Crippen LogP contribution in [0.25, 0.3) is 5.69 Å². The Bertz CT molecular complexity index is 831. The van der Waals surface area contributed by atoms with Crippen LogP contribution < -0.4 is 4.74 Å². The van der Waals surface area contributed by atoms with Crippen molar-refractivity contribution in [1.82, 2.24) is 14.5 Å². The Kier molecular flexibility index (Phi) is 5.50. The molecule has 0 atom stereocenters. The van der Waals surface area contributed by atoms with Gasteiger partial charge in [0.25, 0.3) is 5.91 Å². The standard InChI is InChI=1S/C19H18BrN3O2/c1-22(11-12-25-17-9-7-15(20)8-10-17)19(24)18-13-21-14-23(18)16-5-3-2-4-6-16/h2-10,13-14H,11-12H2,1H3. The predicted octanol–water partition coefficient (Wildman–Crippen LogP) is 3.79. The third kappa shape index (κ3) is 4.28. The van der Waals surface area contributed by atoms with Crippen molar-refractivity contribution >= 4 is 21.8 Å². The minimum atomic E-state index is -0.0965. The maximum Gasteiger partial charge on any atom is 0.272 e. The first kappa shape index (κ1) is 17.2. The second-order valence-electron chi connectivity index (χ2n) is 5.51. The van der Waals surface area contributed by atoms with E-state index in [-0.39, 0.29) is 5.91 Å². The predicted molar refractivity (Wildman–Crippen MR) is 100 cm³/mol. The van der Waals surface area contributed by atoms with E-state index in [4.69, 9.17) is 4.74 Å². The smallest absolute Gasteiger partial charge is 0.272 e. The molecule has 0 radical (unpaired) electrons. The van der Waals surface area contributed by atoms with E-state index in [0.717, 1.165) is 15.9 Å². The molecule has 0 saturated heterocycles. The topological polar surface area (TPSA) is 47.4 Å². The van der Waals surface area contributed by atoms with E-state index in [1.807, 2.05) is 54.6 Å². The van der Waals surface area contributed by atoms with Crippen molar-refractivity contribution < 1.29 is 9.53 Å². The van der Waals surface area contributed by atoms with Crippen LogP contribution in [0, 0.1) is 0 Å². The Morgan fingerprint density at radius 1 is 1.16 bits per heavy atom. The van der Waals surface area contributed by atoms with E-state index in [9.17, 15) is 4.79 Å². The van der Waals surface area contributed by atoms with E-state index in [1.54, 1.807) is 29.0 Å². The molecule has 1 aromatic heterocycles. The lowest BCUT2D eigenvalue weighted by atomic mass is 10.3. The van der Waals surface area contributed by atoms with Crippen LogP contribution in [0.5, 0.6) is 5.75 Å². The number of hydrogen-bond donors (Lipinski definition) is 0. The van der Waals surface area contributed by atoms with Gasteiger partial charge in [-0.3, -0.25) is 9.36 Å². The van der Waals surface area contributed by atoms with Crippen molar-refractivity contribution in [1.29, 1.82) is 0 Å². The Balaban J connectivity index is 1.61. The summed E-state index contributed by atoms with van der Waals surface area (Å²) in [4.78, 5) is 18.4. The van der Waals surface area contributed by atoms with Gasteiger partial charge in [0.1, 0.15) is 18.1 Å². The zero-order valence-corrected chi connectivity index (χ0v) is 15.4. The highest BCUT2D eigenvalue weighted by Crippen LogP contribution is 2.16. The monoisotopic (exact) mass is 399 g/mol. The van der Waals surface area contributed by atoms with Gasteiger partial charge in [-0.05, 0) is 36.4 Å². The molecule has 0 spiro atoms. The lowest BCUT2D eigenvalue weighted by Gasteiger charge is -2.18. The molecule has 25 heavy (non-hydrogen) atoms. The number of imidazole rings is 1. The molecular weight excluding hydrogens is 382 g/mol. The Morgan fingerprint density at radius 3 is 2.60 bits per heavy atom. The molecule has 0 N–H and O–H groups in total. The number of carbonyl (C=O) groups is 1. The fourth-order valence-electron chi connectivity index (χ4n) is 2.38. The first-order chi connectivity index (χ1) is 12.1. The van der Waals surface area contributed by atoms with Gasteiger partial charge in [-0.25, -0.2) is 4.98 Å². The average molecular weight is 400 g/mol. The number of para-hydroxylation sites is 1. The summed E-state index contributed by atoms with van der Waals surface area (Å²) in [6.07, 6.45) is 3.23. The first-order valence-corrected chi connectivity index (χ1v) is 8.66. The van der Waals surface area contributed by atoms with Crippen molar-refractivity contribution in [2.24, 2.45) is 0 Å². The summed E-state index contributed by atoms with van der Waals surface area (Å²) in [5.41, 5.74) is 1.43. The molecule has 0 aliphatic carbocycles. The minimum absolute atomic E-state index is 0.0965. The number of halogens is 1. The highest BCUT2D eigenvalue weighted by Gasteiger charge is 2.17. The zero-order chi connectivity index (χ0) is 17.6. The lowest BCUT2D eigenvalue weighted by Crippen LogP contribution is -2.32. The number of ether oxygens (including phenoxy) is 1. The Labute approximate surface area is 155 Å². The normalized spacial score (nSPS) is 10.5. The van der Waals surface area contributed by atoms with Gasteiger partial charge in [0.15, 0.2) is 0 Å². The molecular formula is C19H18BrN3O2. The summed E-state index contributed by atoms with van der Waals surface area (Å²) < 4.78 is 8.46. The van der Waals surface area contributed by atoms with E-state index < -0.39 is 0 Å². The molecule has 2 aromatic carbocycles. The van der Waals surface area contributed by atoms with Crippen LogP contribution in [0.4, 0.5) is 0 Å². The number of rotatable bonds is 6. The van der Waals surface area contributed by atoms with Gasteiger partial charge in [0, 0.05) is 17.2 Å². The second-order valence-corrected chi connectivity index (χ2v) is 6.43. The molecule has 0 unspecified atom stereocenters. The van der Waals surface area contributed by atoms with E-state index in [0.29, 0.717) is 18.8 Å². The van der Waals surface area contributed by atoms with E-state index in [1.165, 1.54) is 0 Å². The maximum atomic E-state index is 12.7. The molecule has 128 valence electrons. The highest BCUT2D eigenvalue weighted by molar-refractivity contribution is 9.10. The lowest BCUT2D eigenvalue weighted by molar-refractivity contribution is 0.0766. The van der Waals surface area contributed by atoms with E-state index >= 15 is 0 Å². The molecule has 0 aliphatic heterocycles. The fraction of sp³-hybridized carbons (Fsp3) is 0.158. The van der Waals surface area contributed by atoms with Gasteiger partial charge in [0.05, 0.1) is 19.1 Å². The van der Waals surface area contributed by atoms with Crippen molar-refractivity contribution in [3.8, 4) is 11.4 Å². The van der Waals surface area contributed by atoms with Crippen LogP contribution in [-0.2, 0) is 0 Å². The van der Waals surface area contributed by atoms with E-state index in [2.05, 4.69) is 20.9 Å². The van der Waals surface area contributed by atoms with Crippen LogP contribution in [0.15, 0.2) is 71.6 Å². The molecule has 3 rings (SSSR count). The summed E-state index contributed by atoms with van der Waals surface area (Å²) in [5.74, 6) is 0.680. The molecule has 0 fully saturated rings. The van der Waals surface area contributed by atoms with Gasteiger partial charge < -0.3 is 9.64 Å². The van der Waals surface area contributed by atoms with Crippen LogP contribution in [0.3, 0.4) is 0 Å². The second kappa shape index (κ2) is 7.98.